The quantitative estimate of drug-likeness (QED) is 0.355. The molecule has 62 valence electrons. The molecule has 0 unspecified atom stereocenters. The van der Waals surface area contributed by atoms with Gasteiger partial charge in [0.25, 0.3) is 0 Å². The average Bonchev–Trinajstić information content (AvgIpc) is 2.31. The first kappa shape index (κ1) is 11.2. The number of hydrogen-bond acceptors (Lipinski definition) is 2. The first-order chi connectivity index (χ1) is 5.75. The standard InChI is InChI=1S/C9H9N2O.K/c1-6-2-3-7-8(10-5-6)4-9(12)11-7;/h2-3,5H,4H2,1H3,(H,11,12);/q-1;+1. The predicted octanol–water partition coefficient (Wildman–Crippen LogP) is -2.04. The summed E-state index contributed by atoms with van der Waals surface area (Å²) in [7, 11) is 0. The Bertz CT molecular complexity index is 290. The van der Waals surface area contributed by atoms with Crippen molar-refractivity contribution in [3.05, 3.63) is 29.5 Å². The summed E-state index contributed by atoms with van der Waals surface area (Å²) in [6.07, 6.45) is 6.02. The Morgan fingerprint density at radius 3 is 3.15 bits per heavy atom. The van der Waals surface area contributed by atoms with Gasteiger partial charge in [0.2, 0.25) is 5.91 Å². The summed E-state index contributed by atoms with van der Waals surface area (Å²) < 4.78 is 0. The Hall–Kier alpha value is 0.126. The number of allylic oxidation sites excluding steroid dienone is 2. The fourth-order valence-electron chi connectivity index (χ4n) is 1.20. The van der Waals surface area contributed by atoms with Crippen molar-refractivity contribution in [3.8, 4) is 0 Å². The Balaban J connectivity index is 0.000000845. The van der Waals surface area contributed by atoms with Gasteiger partial charge < -0.3 is 5.32 Å². The zero-order valence-corrected chi connectivity index (χ0v) is 10.9. The molecule has 1 amide bonds. The number of nitrogens with zero attached hydrogens (tertiary/aromatic N) is 1. The molecule has 0 radical (unpaired) electrons. The van der Waals surface area contributed by atoms with Gasteiger partial charge in [-0.25, -0.2) is 6.08 Å². The van der Waals surface area contributed by atoms with Crippen LogP contribution in [0.5, 0.6) is 0 Å². The van der Waals surface area contributed by atoms with Crippen molar-refractivity contribution < 1.29 is 56.2 Å². The first-order valence-electron chi connectivity index (χ1n) is 3.84. The maximum absolute atomic E-state index is 10.9. The summed E-state index contributed by atoms with van der Waals surface area (Å²) in [5, 5.41) is 2.74. The molecule has 4 heteroatoms. The van der Waals surface area contributed by atoms with Crippen LogP contribution in [0.4, 0.5) is 0 Å². The second-order valence-corrected chi connectivity index (χ2v) is 2.92. The number of carbonyl (C=O) groups excluding carboxylic acids is 1. The zero-order chi connectivity index (χ0) is 8.55. The topological polar surface area (TPSA) is 41.5 Å². The van der Waals surface area contributed by atoms with E-state index in [9.17, 15) is 4.79 Å². The van der Waals surface area contributed by atoms with E-state index in [2.05, 4.69) is 10.3 Å². The zero-order valence-electron chi connectivity index (χ0n) is 7.79. The molecule has 0 aromatic carbocycles. The summed E-state index contributed by atoms with van der Waals surface area (Å²) in [6.45, 7) is 1.98. The van der Waals surface area contributed by atoms with E-state index in [1.165, 1.54) is 0 Å². The third-order valence-corrected chi connectivity index (χ3v) is 1.85. The molecule has 0 saturated carbocycles. The van der Waals surface area contributed by atoms with E-state index in [0.29, 0.717) is 6.42 Å². The van der Waals surface area contributed by atoms with Gasteiger partial charge in [-0.05, 0) is 5.70 Å². The molecule has 2 aliphatic rings. The maximum Gasteiger partial charge on any atom is 1.00 e. The SMILES string of the molecule is C[C-]1C=CC2=C(CC(=O)N2)N=C1.[K+]. The molecular formula is C9H9KN2O. The molecule has 0 saturated heterocycles. The number of hydrogen-bond donors (Lipinski definition) is 1. The van der Waals surface area contributed by atoms with Crippen molar-refractivity contribution in [2.45, 2.75) is 13.3 Å². The van der Waals surface area contributed by atoms with Crippen molar-refractivity contribution >= 4 is 12.1 Å². The molecule has 0 bridgehead atoms. The Morgan fingerprint density at radius 2 is 2.38 bits per heavy atom. The van der Waals surface area contributed by atoms with Crippen LogP contribution in [-0.2, 0) is 4.79 Å². The predicted molar refractivity (Wildman–Crippen MR) is 46.3 cm³/mol. The number of amides is 1. The monoisotopic (exact) mass is 200 g/mol. The number of nitrogens with one attached hydrogen (secondary N) is 1. The van der Waals surface area contributed by atoms with E-state index in [0.717, 1.165) is 17.3 Å². The second kappa shape index (κ2) is 4.57. The van der Waals surface area contributed by atoms with Crippen LogP contribution in [-0.4, -0.2) is 12.1 Å². The van der Waals surface area contributed by atoms with Crippen LogP contribution in [0.2, 0.25) is 0 Å². The van der Waals surface area contributed by atoms with Gasteiger partial charge in [0.1, 0.15) is 0 Å². The van der Waals surface area contributed by atoms with Crippen molar-refractivity contribution in [2.75, 3.05) is 0 Å². The molecule has 0 aliphatic carbocycles. The molecule has 2 aliphatic heterocycles. The summed E-state index contributed by atoms with van der Waals surface area (Å²) in [5.74, 6) is 1.13. The van der Waals surface area contributed by atoms with Crippen LogP contribution in [0.25, 0.3) is 0 Å². The largest absolute Gasteiger partial charge is 1.00 e. The molecule has 3 nitrogen and oxygen atoms in total. The van der Waals surface area contributed by atoms with Crippen molar-refractivity contribution in [1.29, 1.82) is 0 Å². The number of carbonyl (C=O) groups is 1. The van der Waals surface area contributed by atoms with Crippen molar-refractivity contribution in [1.82, 2.24) is 5.32 Å². The van der Waals surface area contributed by atoms with Gasteiger partial charge in [0.05, 0.1) is 12.1 Å². The van der Waals surface area contributed by atoms with Crippen LogP contribution in [0.3, 0.4) is 0 Å². The smallest absolute Gasteiger partial charge is 0.341 e. The van der Waals surface area contributed by atoms with Gasteiger partial charge in [-0.1, -0.05) is 6.21 Å². The number of aliphatic imine (C=N–C) groups is 1. The molecule has 0 fully saturated rings. The molecular weight excluding hydrogens is 191 g/mol. The van der Waals surface area contributed by atoms with E-state index >= 15 is 0 Å². The van der Waals surface area contributed by atoms with Gasteiger partial charge in [-0.3, -0.25) is 9.79 Å². The van der Waals surface area contributed by atoms with E-state index in [4.69, 9.17) is 0 Å². The molecule has 0 aromatic rings. The van der Waals surface area contributed by atoms with E-state index in [1.54, 1.807) is 6.21 Å². The fraction of sp³-hybridized carbons (Fsp3) is 0.222. The van der Waals surface area contributed by atoms with Gasteiger partial charge in [0, 0.05) is 0 Å². The molecule has 2 heterocycles. The Kier molecular flexibility index (Phi) is 3.94. The number of rotatable bonds is 0. The van der Waals surface area contributed by atoms with Crippen LogP contribution in [0.15, 0.2) is 28.5 Å². The minimum Gasteiger partial charge on any atom is -0.341 e. The Morgan fingerprint density at radius 1 is 1.62 bits per heavy atom. The minimum absolute atomic E-state index is 0. The summed E-state index contributed by atoms with van der Waals surface area (Å²) in [4.78, 5) is 15.1. The fourth-order valence-corrected chi connectivity index (χ4v) is 1.20. The molecule has 0 spiro atoms. The maximum atomic E-state index is 10.9. The van der Waals surface area contributed by atoms with Crippen LogP contribution in [0.1, 0.15) is 13.3 Å². The third-order valence-electron chi connectivity index (χ3n) is 1.85. The van der Waals surface area contributed by atoms with E-state index in [1.807, 2.05) is 19.1 Å². The molecule has 2 rings (SSSR count). The Labute approximate surface area is 120 Å². The van der Waals surface area contributed by atoms with Gasteiger partial charge in [0.15, 0.2) is 0 Å². The van der Waals surface area contributed by atoms with Crippen molar-refractivity contribution in [3.63, 3.8) is 0 Å². The van der Waals surface area contributed by atoms with E-state index in [-0.39, 0.29) is 57.3 Å². The molecule has 0 aromatic heterocycles. The van der Waals surface area contributed by atoms with E-state index < -0.39 is 0 Å². The first-order valence-corrected chi connectivity index (χ1v) is 3.84. The van der Waals surface area contributed by atoms with Crippen LogP contribution < -0.4 is 56.7 Å². The average molecular weight is 200 g/mol. The van der Waals surface area contributed by atoms with Gasteiger partial charge in [-0.2, -0.15) is 12.0 Å². The van der Waals surface area contributed by atoms with Gasteiger partial charge in [-0.15, -0.1) is 6.92 Å². The van der Waals surface area contributed by atoms with Crippen molar-refractivity contribution in [2.24, 2.45) is 4.99 Å². The van der Waals surface area contributed by atoms with Crippen LogP contribution in [0, 0.1) is 5.92 Å². The molecule has 0 atom stereocenters. The second-order valence-electron chi connectivity index (χ2n) is 2.92. The minimum atomic E-state index is 0. The molecule has 1 N–H and O–H groups in total. The normalized spacial score (nSPS) is 19.5. The molecule has 13 heavy (non-hydrogen) atoms. The summed E-state index contributed by atoms with van der Waals surface area (Å²) in [5.41, 5.74) is 1.68. The van der Waals surface area contributed by atoms with Crippen LogP contribution >= 0.6 is 0 Å². The summed E-state index contributed by atoms with van der Waals surface area (Å²) in [6, 6.07) is 0. The third kappa shape index (κ3) is 2.54. The van der Waals surface area contributed by atoms with Gasteiger partial charge >= 0.3 is 51.4 Å². The summed E-state index contributed by atoms with van der Waals surface area (Å²) >= 11 is 0.